The zero-order valence-electron chi connectivity index (χ0n) is 10.4. The molecule has 0 heterocycles. The van der Waals surface area contributed by atoms with Gasteiger partial charge in [-0.05, 0) is 37.0 Å². The summed E-state index contributed by atoms with van der Waals surface area (Å²) in [5.41, 5.74) is 8.11. The van der Waals surface area contributed by atoms with Crippen molar-refractivity contribution >= 4 is 17.3 Å². The molecular weight excluding hydrogens is 214 g/mol. The highest BCUT2D eigenvalue weighted by Crippen LogP contribution is 2.30. The van der Waals surface area contributed by atoms with Crippen LogP contribution in [0.1, 0.15) is 23.2 Å². The number of carbonyl (C=O) groups is 1. The number of benzene rings is 1. The molecule has 2 rings (SSSR count). The van der Waals surface area contributed by atoms with Crippen molar-refractivity contribution in [2.75, 3.05) is 31.7 Å². The fourth-order valence-corrected chi connectivity index (χ4v) is 1.68. The molecule has 1 aliphatic rings. The third kappa shape index (κ3) is 2.90. The number of anilines is 2. The molecule has 4 heteroatoms. The Labute approximate surface area is 102 Å². The highest BCUT2D eigenvalue weighted by Gasteiger charge is 2.21. The minimum Gasteiger partial charge on any atom is -0.397 e. The molecule has 0 bridgehead atoms. The lowest BCUT2D eigenvalue weighted by molar-refractivity contribution is 0.0827. The average Bonchev–Trinajstić information content (AvgIpc) is 3.11. The molecule has 1 saturated carbocycles. The van der Waals surface area contributed by atoms with Crippen LogP contribution in [0.4, 0.5) is 11.4 Å². The Morgan fingerprint density at radius 3 is 2.76 bits per heavy atom. The van der Waals surface area contributed by atoms with E-state index in [-0.39, 0.29) is 5.91 Å². The Balaban J connectivity index is 2.12. The van der Waals surface area contributed by atoms with Crippen LogP contribution in [-0.4, -0.2) is 31.4 Å². The smallest absolute Gasteiger partial charge is 0.253 e. The normalized spacial score (nSPS) is 14.5. The number of nitrogens with one attached hydrogen (secondary N) is 1. The van der Waals surface area contributed by atoms with Crippen molar-refractivity contribution < 1.29 is 4.79 Å². The summed E-state index contributed by atoms with van der Waals surface area (Å²) in [5.74, 6) is 0.780. The van der Waals surface area contributed by atoms with E-state index in [9.17, 15) is 4.79 Å². The number of nitrogens with zero attached hydrogens (tertiary/aromatic N) is 1. The third-order valence-electron chi connectivity index (χ3n) is 2.98. The van der Waals surface area contributed by atoms with Crippen LogP contribution in [-0.2, 0) is 0 Å². The van der Waals surface area contributed by atoms with Crippen LogP contribution in [0.15, 0.2) is 18.2 Å². The van der Waals surface area contributed by atoms with Gasteiger partial charge >= 0.3 is 0 Å². The zero-order valence-corrected chi connectivity index (χ0v) is 10.4. The zero-order chi connectivity index (χ0) is 12.4. The predicted octanol–water partition coefficient (Wildman–Crippen LogP) is 1.79. The molecule has 0 aromatic heterocycles. The molecule has 0 unspecified atom stereocenters. The predicted molar refractivity (Wildman–Crippen MR) is 70.1 cm³/mol. The van der Waals surface area contributed by atoms with E-state index in [0.29, 0.717) is 11.3 Å². The molecular formula is C13H19N3O. The second-order valence-electron chi connectivity index (χ2n) is 4.83. The standard InChI is InChI=1S/C13H19N3O/c1-16(2)13(17)10-5-6-11(14)12(7-10)15-8-9-3-4-9/h5-7,9,15H,3-4,8,14H2,1-2H3. The van der Waals surface area contributed by atoms with Crippen molar-refractivity contribution in [3.05, 3.63) is 23.8 Å². The van der Waals surface area contributed by atoms with E-state index >= 15 is 0 Å². The van der Waals surface area contributed by atoms with Gasteiger partial charge in [-0.15, -0.1) is 0 Å². The molecule has 0 saturated heterocycles. The molecule has 17 heavy (non-hydrogen) atoms. The molecule has 0 radical (unpaired) electrons. The molecule has 1 aromatic carbocycles. The van der Waals surface area contributed by atoms with E-state index in [1.807, 2.05) is 6.07 Å². The van der Waals surface area contributed by atoms with Gasteiger partial charge in [0.25, 0.3) is 5.91 Å². The van der Waals surface area contributed by atoms with Gasteiger partial charge in [-0.1, -0.05) is 0 Å². The minimum absolute atomic E-state index is 0.000489. The van der Waals surface area contributed by atoms with Crippen LogP contribution in [0.25, 0.3) is 0 Å². The third-order valence-corrected chi connectivity index (χ3v) is 2.98. The number of nitrogen functional groups attached to an aromatic ring is 1. The molecule has 1 aliphatic carbocycles. The molecule has 1 amide bonds. The number of carbonyl (C=O) groups excluding carboxylic acids is 1. The summed E-state index contributed by atoms with van der Waals surface area (Å²) >= 11 is 0. The van der Waals surface area contributed by atoms with Crippen LogP contribution in [0, 0.1) is 5.92 Å². The Morgan fingerprint density at radius 2 is 2.18 bits per heavy atom. The Kier molecular flexibility index (Phi) is 3.22. The van der Waals surface area contributed by atoms with Crippen molar-refractivity contribution in [1.29, 1.82) is 0 Å². The van der Waals surface area contributed by atoms with E-state index in [2.05, 4.69) is 5.32 Å². The average molecular weight is 233 g/mol. The van der Waals surface area contributed by atoms with Gasteiger partial charge in [0, 0.05) is 26.2 Å². The van der Waals surface area contributed by atoms with Gasteiger partial charge in [-0.2, -0.15) is 0 Å². The van der Waals surface area contributed by atoms with Gasteiger partial charge in [0.15, 0.2) is 0 Å². The van der Waals surface area contributed by atoms with Gasteiger partial charge < -0.3 is 16.0 Å². The van der Waals surface area contributed by atoms with E-state index in [1.54, 1.807) is 31.1 Å². The number of hydrogen-bond acceptors (Lipinski definition) is 3. The number of hydrogen-bond donors (Lipinski definition) is 2. The molecule has 3 N–H and O–H groups in total. The molecule has 1 fully saturated rings. The Morgan fingerprint density at radius 1 is 1.47 bits per heavy atom. The number of amides is 1. The number of nitrogens with two attached hydrogens (primary N) is 1. The lowest BCUT2D eigenvalue weighted by Crippen LogP contribution is -2.21. The Bertz CT molecular complexity index is 425. The van der Waals surface area contributed by atoms with Crippen molar-refractivity contribution in [3.63, 3.8) is 0 Å². The van der Waals surface area contributed by atoms with Gasteiger partial charge in [-0.3, -0.25) is 4.79 Å². The van der Waals surface area contributed by atoms with E-state index < -0.39 is 0 Å². The molecule has 0 atom stereocenters. The summed E-state index contributed by atoms with van der Waals surface area (Å²) in [5, 5.41) is 3.31. The first-order chi connectivity index (χ1) is 8.08. The second kappa shape index (κ2) is 4.65. The van der Waals surface area contributed by atoms with Crippen LogP contribution in [0.5, 0.6) is 0 Å². The summed E-state index contributed by atoms with van der Waals surface area (Å²) in [6, 6.07) is 5.38. The molecule has 0 spiro atoms. The molecule has 92 valence electrons. The summed E-state index contributed by atoms with van der Waals surface area (Å²) in [6.45, 7) is 0.948. The van der Waals surface area contributed by atoms with E-state index in [1.165, 1.54) is 12.8 Å². The lowest BCUT2D eigenvalue weighted by atomic mass is 10.1. The molecule has 1 aromatic rings. The maximum atomic E-state index is 11.8. The van der Waals surface area contributed by atoms with E-state index in [4.69, 9.17) is 5.73 Å². The van der Waals surface area contributed by atoms with Crippen molar-refractivity contribution in [1.82, 2.24) is 4.90 Å². The van der Waals surface area contributed by atoms with Crippen molar-refractivity contribution in [3.8, 4) is 0 Å². The maximum Gasteiger partial charge on any atom is 0.253 e. The van der Waals surface area contributed by atoms with Crippen LogP contribution >= 0.6 is 0 Å². The minimum atomic E-state index is -0.000489. The Hall–Kier alpha value is -1.71. The first kappa shape index (κ1) is 11.8. The maximum absolute atomic E-state index is 11.8. The monoisotopic (exact) mass is 233 g/mol. The van der Waals surface area contributed by atoms with E-state index in [0.717, 1.165) is 18.2 Å². The van der Waals surface area contributed by atoms with Gasteiger partial charge in [-0.25, -0.2) is 0 Å². The SMILES string of the molecule is CN(C)C(=O)c1ccc(N)c(NCC2CC2)c1. The highest BCUT2D eigenvalue weighted by atomic mass is 16.2. The first-order valence-corrected chi connectivity index (χ1v) is 5.93. The van der Waals surface area contributed by atoms with Gasteiger partial charge in [0.05, 0.1) is 11.4 Å². The summed E-state index contributed by atoms with van der Waals surface area (Å²) in [6.07, 6.45) is 2.59. The van der Waals surface area contributed by atoms with Crippen molar-refractivity contribution in [2.45, 2.75) is 12.8 Å². The quantitative estimate of drug-likeness (QED) is 0.779. The summed E-state index contributed by atoms with van der Waals surface area (Å²) in [7, 11) is 3.49. The highest BCUT2D eigenvalue weighted by molar-refractivity contribution is 5.95. The first-order valence-electron chi connectivity index (χ1n) is 5.93. The van der Waals surface area contributed by atoms with Crippen molar-refractivity contribution in [2.24, 2.45) is 5.92 Å². The van der Waals surface area contributed by atoms with Crippen LogP contribution < -0.4 is 11.1 Å². The van der Waals surface area contributed by atoms with Gasteiger partial charge in [0.1, 0.15) is 0 Å². The topological polar surface area (TPSA) is 58.4 Å². The molecule has 0 aliphatic heterocycles. The van der Waals surface area contributed by atoms with Gasteiger partial charge in [0.2, 0.25) is 0 Å². The summed E-state index contributed by atoms with van der Waals surface area (Å²) < 4.78 is 0. The summed E-state index contributed by atoms with van der Waals surface area (Å²) in [4.78, 5) is 13.4. The largest absolute Gasteiger partial charge is 0.397 e. The van der Waals surface area contributed by atoms with Crippen LogP contribution in [0.3, 0.4) is 0 Å². The number of rotatable bonds is 4. The molecule has 4 nitrogen and oxygen atoms in total. The lowest BCUT2D eigenvalue weighted by Gasteiger charge is -2.13. The van der Waals surface area contributed by atoms with Crippen LogP contribution in [0.2, 0.25) is 0 Å². The second-order valence-corrected chi connectivity index (χ2v) is 4.83. The fraction of sp³-hybridized carbons (Fsp3) is 0.462. The fourth-order valence-electron chi connectivity index (χ4n) is 1.68.